The molecule has 7 heteroatoms. The first-order valence-corrected chi connectivity index (χ1v) is 9.43. The third-order valence-corrected chi connectivity index (χ3v) is 4.97. The zero-order valence-electron chi connectivity index (χ0n) is 15.7. The normalized spacial score (nSPS) is 16.8. The molecule has 1 aliphatic carbocycles. The highest BCUT2D eigenvalue weighted by molar-refractivity contribution is 5.84. The quantitative estimate of drug-likeness (QED) is 0.692. The van der Waals surface area contributed by atoms with E-state index in [4.69, 9.17) is 9.47 Å². The van der Waals surface area contributed by atoms with E-state index in [1.54, 1.807) is 29.0 Å². The molecule has 0 spiro atoms. The van der Waals surface area contributed by atoms with Crippen molar-refractivity contribution in [3.05, 3.63) is 24.3 Å². The number of likely N-dealkylation sites (tertiary alicyclic amines) is 1. The van der Waals surface area contributed by atoms with Crippen LogP contribution in [0.1, 0.15) is 32.1 Å². The summed E-state index contributed by atoms with van der Waals surface area (Å²) in [5, 5.41) is 0. The highest BCUT2D eigenvalue weighted by atomic mass is 16.5. The molecule has 1 aliphatic heterocycles. The number of ketones is 1. The van der Waals surface area contributed by atoms with Gasteiger partial charge in [-0.15, -0.1) is 0 Å². The molecule has 1 heterocycles. The molecule has 2 aliphatic rings. The molecule has 0 aromatic heterocycles. The van der Waals surface area contributed by atoms with Gasteiger partial charge in [0.25, 0.3) is 5.91 Å². The Morgan fingerprint density at radius 3 is 2.44 bits per heavy atom. The van der Waals surface area contributed by atoms with Gasteiger partial charge < -0.3 is 19.3 Å². The van der Waals surface area contributed by atoms with Gasteiger partial charge >= 0.3 is 0 Å². The van der Waals surface area contributed by atoms with Gasteiger partial charge in [0.05, 0.1) is 7.11 Å². The minimum Gasteiger partial charge on any atom is -0.493 e. The van der Waals surface area contributed by atoms with Crippen LogP contribution in [0.5, 0.6) is 11.5 Å². The van der Waals surface area contributed by atoms with Crippen molar-refractivity contribution in [2.75, 3.05) is 33.4 Å². The predicted octanol–water partition coefficient (Wildman–Crippen LogP) is 1.65. The molecular weight excluding hydrogens is 348 g/mol. The van der Waals surface area contributed by atoms with E-state index >= 15 is 0 Å². The second-order valence-corrected chi connectivity index (χ2v) is 6.93. The third-order valence-electron chi connectivity index (χ3n) is 4.97. The standard InChI is InChI=1S/C20H26N2O5/c1-26-17-4-2-3-5-18(17)27-14-20(25)22(15-6-7-15)13-10-19(24)21-11-8-16(23)9-12-21/h2-5,15H,6-14H2,1H3. The molecule has 2 amide bonds. The van der Waals surface area contributed by atoms with Crippen molar-refractivity contribution in [2.24, 2.45) is 0 Å². The second kappa shape index (κ2) is 8.88. The van der Waals surface area contributed by atoms with E-state index in [9.17, 15) is 14.4 Å². The Bertz CT molecular complexity index is 691. The number of carbonyl (C=O) groups is 3. The highest BCUT2D eigenvalue weighted by Gasteiger charge is 2.33. The zero-order chi connectivity index (χ0) is 19.2. The van der Waals surface area contributed by atoms with Gasteiger partial charge in [0, 0.05) is 44.9 Å². The summed E-state index contributed by atoms with van der Waals surface area (Å²) in [6.07, 6.45) is 3.08. The van der Waals surface area contributed by atoms with Crippen molar-refractivity contribution in [3.8, 4) is 11.5 Å². The van der Waals surface area contributed by atoms with E-state index in [-0.39, 0.29) is 36.7 Å². The third kappa shape index (κ3) is 5.21. The lowest BCUT2D eigenvalue weighted by atomic mass is 10.1. The van der Waals surface area contributed by atoms with Crippen LogP contribution in [0.15, 0.2) is 24.3 Å². The highest BCUT2D eigenvalue weighted by Crippen LogP contribution is 2.29. The maximum atomic E-state index is 12.6. The Kier molecular flexibility index (Phi) is 6.32. The average molecular weight is 374 g/mol. The van der Waals surface area contributed by atoms with Gasteiger partial charge in [0.2, 0.25) is 5.91 Å². The van der Waals surface area contributed by atoms with Crippen LogP contribution in [0.25, 0.3) is 0 Å². The van der Waals surface area contributed by atoms with Crippen LogP contribution in [0.4, 0.5) is 0 Å². The first-order chi connectivity index (χ1) is 13.1. The molecule has 7 nitrogen and oxygen atoms in total. The van der Waals surface area contributed by atoms with E-state index in [1.807, 2.05) is 12.1 Å². The number of benzene rings is 1. The minimum absolute atomic E-state index is 0.00611. The van der Waals surface area contributed by atoms with Crippen LogP contribution in [-0.2, 0) is 14.4 Å². The number of rotatable bonds is 8. The molecule has 1 saturated carbocycles. The number of ether oxygens (including phenoxy) is 2. The summed E-state index contributed by atoms with van der Waals surface area (Å²) in [4.78, 5) is 39.8. The first-order valence-electron chi connectivity index (χ1n) is 9.43. The van der Waals surface area contributed by atoms with E-state index in [1.165, 1.54) is 0 Å². The number of piperidine rings is 1. The van der Waals surface area contributed by atoms with E-state index in [2.05, 4.69) is 0 Å². The van der Waals surface area contributed by atoms with Gasteiger partial charge in [-0.3, -0.25) is 14.4 Å². The molecule has 1 aromatic carbocycles. The number of methoxy groups -OCH3 is 1. The Balaban J connectivity index is 1.50. The van der Waals surface area contributed by atoms with E-state index in [0.29, 0.717) is 44.0 Å². The van der Waals surface area contributed by atoms with Crippen molar-refractivity contribution in [2.45, 2.75) is 38.1 Å². The molecule has 146 valence electrons. The number of hydrogen-bond acceptors (Lipinski definition) is 5. The molecule has 1 saturated heterocycles. The fraction of sp³-hybridized carbons (Fsp3) is 0.550. The van der Waals surface area contributed by atoms with Crippen molar-refractivity contribution in [3.63, 3.8) is 0 Å². The van der Waals surface area contributed by atoms with Gasteiger partial charge in [-0.25, -0.2) is 0 Å². The van der Waals surface area contributed by atoms with Crippen LogP contribution < -0.4 is 9.47 Å². The Hall–Kier alpha value is -2.57. The maximum absolute atomic E-state index is 12.6. The summed E-state index contributed by atoms with van der Waals surface area (Å²) >= 11 is 0. The number of para-hydroxylation sites is 2. The number of hydrogen-bond donors (Lipinski definition) is 0. The number of nitrogens with zero attached hydrogens (tertiary/aromatic N) is 2. The van der Waals surface area contributed by atoms with Crippen LogP contribution in [0, 0.1) is 0 Å². The largest absolute Gasteiger partial charge is 0.493 e. The summed E-state index contributed by atoms with van der Waals surface area (Å²) in [6.45, 7) is 1.29. The molecule has 27 heavy (non-hydrogen) atoms. The van der Waals surface area contributed by atoms with Gasteiger partial charge in [-0.2, -0.15) is 0 Å². The Morgan fingerprint density at radius 2 is 1.81 bits per heavy atom. The summed E-state index contributed by atoms with van der Waals surface area (Å²) < 4.78 is 10.9. The number of Topliss-reactive ketones (excluding diaryl/α,β-unsaturated/α-hetero) is 1. The van der Waals surface area contributed by atoms with Crippen LogP contribution in [0.3, 0.4) is 0 Å². The van der Waals surface area contributed by atoms with E-state index < -0.39 is 0 Å². The van der Waals surface area contributed by atoms with Crippen molar-refractivity contribution < 1.29 is 23.9 Å². The molecule has 0 unspecified atom stereocenters. The fourth-order valence-corrected chi connectivity index (χ4v) is 3.24. The molecule has 0 radical (unpaired) electrons. The summed E-state index contributed by atoms with van der Waals surface area (Å²) in [6, 6.07) is 7.40. The van der Waals surface area contributed by atoms with Gasteiger partial charge in [-0.1, -0.05) is 12.1 Å². The topological polar surface area (TPSA) is 76.2 Å². The summed E-state index contributed by atoms with van der Waals surface area (Å²) in [5.74, 6) is 1.20. The second-order valence-electron chi connectivity index (χ2n) is 6.93. The monoisotopic (exact) mass is 374 g/mol. The Labute approximate surface area is 159 Å². The molecular formula is C20H26N2O5. The molecule has 0 bridgehead atoms. The maximum Gasteiger partial charge on any atom is 0.260 e. The van der Waals surface area contributed by atoms with Crippen LogP contribution in [-0.4, -0.2) is 66.8 Å². The van der Waals surface area contributed by atoms with E-state index in [0.717, 1.165) is 12.8 Å². The smallest absolute Gasteiger partial charge is 0.260 e. The average Bonchev–Trinajstić information content (AvgIpc) is 3.52. The molecule has 1 aromatic rings. The summed E-state index contributed by atoms with van der Waals surface area (Å²) in [5.41, 5.74) is 0. The van der Waals surface area contributed by atoms with Crippen LogP contribution >= 0.6 is 0 Å². The predicted molar refractivity (Wildman–Crippen MR) is 98.7 cm³/mol. The number of carbonyl (C=O) groups excluding carboxylic acids is 3. The lowest BCUT2D eigenvalue weighted by molar-refractivity contribution is -0.137. The fourth-order valence-electron chi connectivity index (χ4n) is 3.24. The molecule has 3 rings (SSSR count). The Morgan fingerprint density at radius 1 is 1.15 bits per heavy atom. The van der Waals surface area contributed by atoms with Gasteiger partial charge in [-0.05, 0) is 25.0 Å². The molecule has 0 atom stereocenters. The molecule has 2 fully saturated rings. The zero-order valence-corrected chi connectivity index (χ0v) is 15.7. The van der Waals surface area contributed by atoms with Gasteiger partial charge in [0.1, 0.15) is 5.78 Å². The lowest BCUT2D eigenvalue weighted by Crippen LogP contribution is -2.42. The van der Waals surface area contributed by atoms with Gasteiger partial charge in [0.15, 0.2) is 18.1 Å². The van der Waals surface area contributed by atoms with Crippen LogP contribution in [0.2, 0.25) is 0 Å². The summed E-state index contributed by atoms with van der Waals surface area (Å²) in [7, 11) is 1.56. The number of amides is 2. The molecule has 0 N–H and O–H groups in total. The lowest BCUT2D eigenvalue weighted by Gasteiger charge is -2.28. The van der Waals surface area contributed by atoms with Crippen molar-refractivity contribution in [1.82, 2.24) is 9.80 Å². The SMILES string of the molecule is COc1ccccc1OCC(=O)N(CCC(=O)N1CCC(=O)CC1)C1CC1. The van der Waals surface area contributed by atoms with Crippen molar-refractivity contribution >= 4 is 17.6 Å². The minimum atomic E-state index is -0.120. The first kappa shape index (κ1) is 19.2. The van der Waals surface area contributed by atoms with Crippen molar-refractivity contribution in [1.29, 1.82) is 0 Å².